The first-order valence-electron chi connectivity index (χ1n) is 10.2. The van der Waals surface area contributed by atoms with E-state index in [-0.39, 0.29) is 12.0 Å². The van der Waals surface area contributed by atoms with Gasteiger partial charge in [0.15, 0.2) is 11.6 Å². The fourth-order valence-corrected chi connectivity index (χ4v) is 3.95. The Hall–Kier alpha value is -2.97. The minimum Gasteiger partial charge on any atom is -0.382 e. The van der Waals surface area contributed by atoms with Crippen LogP contribution in [0.1, 0.15) is 22.3 Å². The molecule has 0 bridgehead atoms. The summed E-state index contributed by atoms with van der Waals surface area (Å²) in [7, 11) is 1.65. The van der Waals surface area contributed by atoms with E-state index in [0.717, 1.165) is 42.9 Å². The molecule has 1 saturated heterocycles. The Morgan fingerprint density at radius 1 is 1.23 bits per heavy atom. The number of aromatic amines is 1. The summed E-state index contributed by atoms with van der Waals surface area (Å²) in [6.07, 6.45) is 2.64. The molecule has 4 rings (SSSR count). The second kappa shape index (κ2) is 9.03. The van der Waals surface area contributed by atoms with Gasteiger partial charge >= 0.3 is 0 Å². The summed E-state index contributed by atoms with van der Waals surface area (Å²) in [5.74, 6) is -2.22. The Labute approximate surface area is 179 Å². The van der Waals surface area contributed by atoms with Crippen molar-refractivity contribution in [3.8, 4) is 0 Å². The van der Waals surface area contributed by atoms with Gasteiger partial charge in [0.1, 0.15) is 0 Å². The zero-order valence-corrected chi connectivity index (χ0v) is 17.5. The molecule has 0 saturated carbocycles. The monoisotopic (exact) mass is 429 g/mol. The highest BCUT2D eigenvalue weighted by Crippen LogP contribution is 2.28. The fourth-order valence-electron chi connectivity index (χ4n) is 3.95. The van der Waals surface area contributed by atoms with Gasteiger partial charge in [0.25, 0.3) is 5.91 Å². The van der Waals surface area contributed by atoms with Gasteiger partial charge in [0.2, 0.25) is 0 Å². The van der Waals surface area contributed by atoms with Crippen LogP contribution in [0.4, 0.5) is 20.2 Å². The van der Waals surface area contributed by atoms with E-state index in [9.17, 15) is 13.6 Å². The lowest BCUT2D eigenvalue weighted by molar-refractivity contribution is 0.0280. The number of hydrogen-bond donors (Lipinski definition) is 2. The molecule has 1 aliphatic heterocycles. The van der Waals surface area contributed by atoms with Gasteiger partial charge in [-0.2, -0.15) is 0 Å². The Bertz CT molecular complexity index is 1100. The number of fused-ring (bicyclic) bond motifs is 1. The first-order chi connectivity index (χ1) is 15.0. The number of rotatable bonds is 7. The van der Waals surface area contributed by atoms with Crippen LogP contribution in [-0.4, -0.2) is 50.4 Å². The third kappa shape index (κ3) is 4.55. The first kappa shape index (κ1) is 21.3. The van der Waals surface area contributed by atoms with E-state index in [4.69, 9.17) is 9.47 Å². The summed E-state index contributed by atoms with van der Waals surface area (Å²) in [5, 5.41) is 3.19. The molecule has 0 radical (unpaired) electrons. The summed E-state index contributed by atoms with van der Waals surface area (Å²) in [4.78, 5) is 17.9. The minimum absolute atomic E-state index is 0.171. The van der Waals surface area contributed by atoms with Crippen molar-refractivity contribution in [2.75, 3.05) is 43.6 Å². The number of hydrogen-bond acceptors (Lipinski definition) is 4. The summed E-state index contributed by atoms with van der Waals surface area (Å²) < 4.78 is 37.9. The van der Waals surface area contributed by atoms with Crippen LogP contribution < -0.4 is 10.2 Å². The van der Waals surface area contributed by atoms with Crippen LogP contribution in [0.5, 0.6) is 0 Å². The number of anilines is 2. The third-order valence-corrected chi connectivity index (χ3v) is 5.56. The lowest BCUT2D eigenvalue weighted by Crippen LogP contribution is -2.24. The summed E-state index contributed by atoms with van der Waals surface area (Å²) in [5.41, 5.74) is 3.36. The number of aromatic nitrogens is 1. The highest BCUT2D eigenvalue weighted by Gasteiger charge is 2.24. The molecule has 2 heterocycles. The lowest BCUT2D eigenvalue weighted by atomic mass is 10.1. The molecule has 0 unspecified atom stereocenters. The van der Waals surface area contributed by atoms with Crippen LogP contribution >= 0.6 is 0 Å². The molecule has 0 aliphatic carbocycles. The van der Waals surface area contributed by atoms with Crippen molar-refractivity contribution >= 4 is 28.2 Å². The van der Waals surface area contributed by atoms with Crippen LogP contribution in [0, 0.1) is 18.6 Å². The Balaban J connectivity index is 1.45. The number of benzene rings is 2. The number of methoxy groups -OCH3 is 1. The maximum Gasteiger partial charge on any atom is 0.255 e. The number of aryl methyl sites for hydroxylation is 1. The van der Waals surface area contributed by atoms with E-state index in [1.165, 1.54) is 6.20 Å². The topological polar surface area (TPSA) is 66.6 Å². The van der Waals surface area contributed by atoms with Crippen molar-refractivity contribution in [3.63, 3.8) is 0 Å². The van der Waals surface area contributed by atoms with Gasteiger partial charge in [-0.15, -0.1) is 0 Å². The normalized spacial score (nSPS) is 16.3. The van der Waals surface area contributed by atoms with Crippen molar-refractivity contribution in [3.05, 3.63) is 59.3 Å². The van der Waals surface area contributed by atoms with E-state index >= 15 is 0 Å². The van der Waals surface area contributed by atoms with Gasteiger partial charge in [-0.05, 0) is 43.2 Å². The van der Waals surface area contributed by atoms with Gasteiger partial charge in [0.05, 0.1) is 30.5 Å². The van der Waals surface area contributed by atoms with Crippen molar-refractivity contribution < 1.29 is 23.0 Å². The maximum atomic E-state index is 13.6. The van der Waals surface area contributed by atoms with E-state index in [1.807, 2.05) is 19.1 Å². The summed E-state index contributed by atoms with van der Waals surface area (Å²) >= 11 is 0. The van der Waals surface area contributed by atoms with Gasteiger partial charge in [-0.3, -0.25) is 4.79 Å². The van der Waals surface area contributed by atoms with Crippen LogP contribution in [0.2, 0.25) is 0 Å². The number of carbonyl (C=O) groups is 1. The van der Waals surface area contributed by atoms with E-state index in [1.54, 1.807) is 13.2 Å². The number of amides is 1. The maximum absolute atomic E-state index is 13.6. The highest BCUT2D eigenvalue weighted by molar-refractivity contribution is 6.09. The van der Waals surface area contributed by atoms with Crippen LogP contribution in [0.15, 0.2) is 36.5 Å². The lowest BCUT2D eigenvalue weighted by Gasteiger charge is -2.21. The molecule has 1 aliphatic rings. The van der Waals surface area contributed by atoms with Gasteiger partial charge in [-0.1, -0.05) is 0 Å². The number of nitrogens with zero attached hydrogens (tertiary/aromatic N) is 1. The van der Waals surface area contributed by atoms with Crippen LogP contribution in [0.25, 0.3) is 10.9 Å². The second-order valence-corrected chi connectivity index (χ2v) is 7.69. The average molecular weight is 429 g/mol. The molecule has 1 atom stereocenters. The molecular formula is C23H25F2N3O3. The molecule has 3 aromatic rings. The largest absolute Gasteiger partial charge is 0.382 e. The quantitative estimate of drug-likeness (QED) is 0.551. The molecule has 6 nitrogen and oxygen atoms in total. The zero-order chi connectivity index (χ0) is 22.0. The Morgan fingerprint density at radius 2 is 2.03 bits per heavy atom. The Kier molecular flexibility index (Phi) is 6.20. The van der Waals surface area contributed by atoms with Crippen molar-refractivity contribution in [2.45, 2.75) is 19.4 Å². The number of H-pyrrole nitrogens is 1. The standard InChI is InChI=1S/C23H25F2N3O3/c1-14-9-15(3-4-22(14)28-6-5-16(13-28)31-8-7-30-2)23(29)27-21-12-26-20-11-19(25)18(24)10-17(20)21/h3-4,9-12,16,26H,5-8,13H2,1-2H3,(H,27,29)/t16-/m1/s1. The predicted octanol–water partition coefficient (Wildman–Crippen LogP) is 4.25. The molecule has 2 N–H and O–H groups in total. The number of carbonyl (C=O) groups excluding carboxylic acids is 1. The van der Waals surface area contributed by atoms with Crippen LogP contribution in [0.3, 0.4) is 0 Å². The molecule has 8 heteroatoms. The number of ether oxygens (including phenoxy) is 2. The fraction of sp³-hybridized carbons (Fsp3) is 0.348. The minimum atomic E-state index is -0.960. The van der Waals surface area contributed by atoms with E-state index in [2.05, 4.69) is 15.2 Å². The molecule has 164 valence electrons. The smallest absolute Gasteiger partial charge is 0.255 e. The van der Waals surface area contributed by atoms with E-state index < -0.39 is 11.6 Å². The SMILES string of the molecule is COCCO[C@@H]1CCN(c2ccc(C(=O)Nc3c[nH]c4cc(F)c(F)cc34)cc2C)C1. The highest BCUT2D eigenvalue weighted by atomic mass is 19.2. The summed E-state index contributed by atoms with van der Waals surface area (Å²) in [6, 6.07) is 7.68. The number of halogens is 2. The molecule has 0 spiro atoms. The third-order valence-electron chi connectivity index (χ3n) is 5.56. The predicted molar refractivity (Wildman–Crippen MR) is 116 cm³/mol. The number of nitrogens with one attached hydrogen (secondary N) is 2. The van der Waals surface area contributed by atoms with Gasteiger partial charge in [-0.25, -0.2) is 8.78 Å². The van der Waals surface area contributed by atoms with Crippen LogP contribution in [-0.2, 0) is 9.47 Å². The molecule has 2 aromatic carbocycles. The van der Waals surface area contributed by atoms with Crippen molar-refractivity contribution in [2.24, 2.45) is 0 Å². The summed E-state index contributed by atoms with van der Waals surface area (Å²) in [6.45, 7) is 4.82. The molecule has 31 heavy (non-hydrogen) atoms. The zero-order valence-electron chi connectivity index (χ0n) is 17.5. The first-order valence-corrected chi connectivity index (χ1v) is 10.2. The average Bonchev–Trinajstić information content (AvgIpc) is 3.36. The second-order valence-electron chi connectivity index (χ2n) is 7.69. The van der Waals surface area contributed by atoms with Gasteiger partial charge in [0, 0.05) is 49.1 Å². The molecule has 1 aromatic heterocycles. The molecule has 1 amide bonds. The van der Waals surface area contributed by atoms with Gasteiger partial charge < -0.3 is 24.7 Å². The Morgan fingerprint density at radius 3 is 2.81 bits per heavy atom. The molecular weight excluding hydrogens is 404 g/mol. The van der Waals surface area contributed by atoms with Crippen molar-refractivity contribution in [1.29, 1.82) is 0 Å². The van der Waals surface area contributed by atoms with Crippen molar-refractivity contribution in [1.82, 2.24) is 4.98 Å². The van der Waals surface area contributed by atoms with E-state index in [0.29, 0.717) is 35.4 Å². The molecule has 1 fully saturated rings.